The third-order valence-corrected chi connectivity index (χ3v) is 6.62. The summed E-state index contributed by atoms with van der Waals surface area (Å²) in [7, 11) is -3.34. The average Bonchev–Trinajstić information content (AvgIpc) is 3.34. The highest BCUT2D eigenvalue weighted by Gasteiger charge is 2.31. The van der Waals surface area contributed by atoms with E-state index in [0.29, 0.717) is 29.6 Å². The Hall–Kier alpha value is -3.13. The van der Waals surface area contributed by atoms with E-state index in [-0.39, 0.29) is 23.3 Å². The lowest BCUT2D eigenvalue weighted by Crippen LogP contribution is -2.39. The molecule has 1 aliphatic heterocycles. The molecule has 0 saturated carbocycles. The first-order valence-corrected chi connectivity index (χ1v) is 12.4. The maximum absolute atomic E-state index is 13.4. The number of furan rings is 1. The fraction of sp³-hybridized carbons (Fsp3) is 0.304. The van der Waals surface area contributed by atoms with Crippen LogP contribution in [0.25, 0.3) is 22.0 Å². The first-order valence-electron chi connectivity index (χ1n) is 10.3. The molecule has 2 aromatic carbocycles. The number of rotatable bonds is 4. The lowest BCUT2D eigenvalue weighted by atomic mass is 9.97. The van der Waals surface area contributed by atoms with Crippen molar-refractivity contribution in [2.75, 3.05) is 19.3 Å². The lowest BCUT2D eigenvalue weighted by molar-refractivity contribution is 0.0674. The number of nitrogens with zero attached hydrogens (tertiary/aromatic N) is 2. The molecule has 1 aliphatic rings. The van der Waals surface area contributed by atoms with Crippen molar-refractivity contribution in [2.24, 2.45) is 0 Å². The van der Waals surface area contributed by atoms with E-state index in [2.05, 4.69) is 4.98 Å². The number of piperidine rings is 1. The van der Waals surface area contributed by atoms with Crippen molar-refractivity contribution in [1.29, 1.82) is 0 Å². The third-order valence-electron chi connectivity index (χ3n) is 5.80. The SMILES string of the molecule is CS(=O)(=O)Cc1c(C(=O)N2CCCC(c3nc4ccccc4[nH]3)C2)oc2ccccc12. The number of likely N-dealkylation sites (tertiary alicyclic amines) is 1. The number of aromatic nitrogens is 2. The van der Waals surface area contributed by atoms with Crippen LogP contribution in [0.1, 0.15) is 40.7 Å². The zero-order valence-electron chi connectivity index (χ0n) is 17.2. The summed E-state index contributed by atoms with van der Waals surface area (Å²) in [6.07, 6.45) is 2.94. The molecule has 1 unspecified atom stereocenters. The van der Waals surface area contributed by atoms with Gasteiger partial charge in [-0.3, -0.25) is 4.79 Å². The number of H-pyrrole nitrogens is 1. The molecule has 0 spiro atoms. The van der Waals surface area contributed by atoms with E-state index in [1.165, 1.54) is 6.26 Å². The molecule has 31 heavy (non-hydrogen) atoms. The molecule has 2 aromatic heterocycles. The van der Waals surface area contributed by atoms with Gasteiger partial charge in [-0.15, -0.1) is 0 Å². The van der Waals surface area contributed by atoms with Crippen LogP contribution in [0.5, 0.6) is 0 Å². The normalized spacial score (nSPS) is 17.5. The molecule has 1 atom stereocenters. The molecule has 1 fully saturated rings. The molecule has 160 valence electrons. The van der Waals surface area contributed by atoms with Crippen molar-refractivity contribution >= 4 is 37.7 Å². The minimum atomic E-state index is -3.34. The molecule has 5 rings (SSSR count). The number of imidazole rings is 1. The van der Waals surface area contributed by atoms with Crippen LogP contribution >= 0.6 is 0 Å². The Labute approximate surface area is 180 Å². The number of hydrogen-bond acceptors (Lipinski definition) is 5. The topological polar surface area (TPSA) is 96.3 Å². The van der Waals surface area contributed by atoms with Crippen LogP contribution in [0.15, 0.2) is 52.9 Å². The minimum absolute atomic E-state index is 0.0906. The summed E-state index contributed by atoms with van der Waals surface area (Å²) >= 11 is 0. The number of hydrogen-bond donors (Lipinski definition) is 1. The van der Waals surface area contributed by atoms with Gasteiger partial charge in [-0.25, -0.2) is 13.4 Å². The number of carbonyl (C=O) groups excluding carboxylic acids is 1. The number of amides is 1. The predicted octanol–water partition coefficient (Wildman–Crippen LogP) is 3.87. The second kappa shape index (κ2) is 7.53. The fourth-order valence-electron chi connectivity index (χ4n) is 4.37. The molecule has 7 nitrogen and oxygen atoms in total. The number of benzene rings is 2. The summed E-state index contributed by atoms with van der Waals surface area (Å²) < 4.78 is 29.9. The molecule has 0 bridgehead atoms. The summed E-state index contributed by atoms with van der Waals surface area (Å²) in [5, 5.41) is 0.669. The number of sulfone groups is 1. The first-order chi connectivity index (χ1) is 14.9. The van der Waals surface area contributed by atoms with Crippen molar-refractivity contribution < 1.29 is 17.6 Å². The zero-order valence-corrected chi connectivity index (χ0v) is 18.0. The van der Waals surface area contributed by atoms with Crippen LogP contribution in [0.2, 0.25) is 0 Å². The summed E-state index contributed by atoms with van der Waals surface area (Å²) in [5.74, 6) is 0.589. The van der Waals surface area contributed by atoms with E-state index in [1.54, 1.807) is 17.0 Å². The number of carbonyl (C=O) groups is 1. The van der Waals surface area contributed by atoms with E-state index in [0.717, 1.165) is 29.7 Å². The molecular formula is C23H23N3O4S. The predicted molar refractivity (Wildman–Crippen MR) is 119 cm³/mol. The van der Waals surface area contributed by atoms with Gasteiger partial charge in [0.05, 0.1) is 16.8 Å². The molecule has 8 heteroatoms. The summed E-state index contributed by atoms with van der Waals surface area (Å²) in [5.41, 5.74) is 2.85. The van der Waals surface area contributed by atoms with E-state index in [9.17, 15) is 13.2 Å². The highest BCUT2D eigenvalue weighted by molar-refractivity contribution is 7.89. The summed E-state index contributed by atoms with van der Waals surface area (Å²) in [4.78, 5) is 23.3. The van der Waals surface area contributed by atoms with Crippen LogP contribution in [-0.4, -0.2) is 48.5 Å². The average molecular weight is 438 g/mol. The standard InChI is InChI=1S/C23H23N3O4S/c1-31(28,29)14-17-16-8-2-5-11-20(16)30-21(17)23(27)26-12-6-7-15(13-26)22-24-18-9-3-4-10-19(18)25-22/h2-5,8-11,15H,6-7,12-14H2,1H3,(H,24,25). The van der Waals surface area contributed by atoms with E-state index in [4.69, 9.17) is 9.40 Å². The van der Waals surface area contributed by atoms with E-state index >= 15 is 0 Å². The van der Waals surface area contributed by atoms with Gasteiger partial charge in [-0.2, -0.15) is 0 Å². The molecule has 0 aliphatic carbocycles. The monoisotopic (exact) mass is 437 g/mol. The van der Waals surface area contributed by atoms with Gasteiger partial charge in [0.15, 0.2) is 15.6 Å². The second-order valence-electron chi connectivity index (χ2n) is 8.21. The van der Waals surface area contributed by atoms with Crippen LogP contribution in [0.3, 0.4) is 0 Å². The molecule has 0 radical (unpaired) electrons. The van der Waals surface area contributed by atoms with Crippen molar-refractivity contribution in [3.63, 3.8) is 0 Å². The van der Waals surface area contributed by atoms with Crippen molar-refractivity contribution in [1.82, 2.24) is 14.9 Å². The lowest BCUT2D eigenvalue weighted by Gasteiger charge is -2.31. The molecular weight excluding hydrogens is 414 g/mol. The number of para-hydroxylation sites is 3. The Bertz CT molecular complexity index is 1350. The highest BCUT2D eigenvalue weighted by atomic mass is 32.2. The van der Waals surface area contributed by atoms with Gasteiger partial charge < -0.3 is 14.3 Å². The Kier molecular flexibility index (Phi) is 4.81. The maximum atomic E-state index is 13.4. The maximum Gasteiger partial charge on any atom is 0.289 e. The largest absolute Gasteiger partial charge is 0.451 e. The second-order valence-corrected chi connectivity index (χ2v) is 10.3. The number of fused-ring (bicyclic) bond motifs is 2. The fourth-order valence-corrected chi connectivity index (χ4v) is 5.18. The Morgan fingerprint density at radius 2 is 1.97 bits per heavy atom. The smallest absolute Gasteiger partial charge is 0.289 e. The van der Waals surface area contributed by atoms with Crippen molar-refractivity contribution in [3.8, 4) is 0 Å². The summed E-state index contributed by atoms with van der Waals surface area (Å²) in [6, 6.07) is 15.0. The van der Waals surface area contributed by atoms with Crippen LogP contribution in [0.4, 0.5) is 0 Å². The van der Waals surface area contributed by atoms with Gasteiger partial charge in [0.2, 0.25) is 0 Å². The van der Waals surface area contributed by atoms with Crippen molar-refractivity contribution in [3.05, 3.63) is 65.7 Å². The van der Waals surface area contributed by atoms with Gasteiger partial charge in [0.25, 0.3) is 5.91 Å². The molecule has 1 N–H and O–H groups in total. The van der Waals surface area contributed by atoms with Gasteiger partial charge in [-0.1, -0.05) is 30.3 Å². The number of nitrogens with one attached hydrogen (secondary N) is 1. The molecule has 4 aromatic rings. The number of aromatic amines is 1. The zero-order chi connectivity index (χ0) is 21.6. The van der Waals surface area contributed by atoms with Crippen LogP contribution in [-0.2, 0) is 15.6 Å². The Balaban J connectivity index is 1.47. The van der Waals surface area contributed by atoms with Gasteiger partial charge >= 0.3 is 0 Å². The Morgan fingerprint density at radius 3 is 2.77 bits per heavy atom. The van der Waals surface area contributed by atoms with Gasteiger partial charge in [0, 0.05) is 36.2 Å². The molecule has 1 amide bonds. The van der Waals surface area contributed by atoms with E-state index < -0.39 is 9.84 Å². The summed E-state index contributed by atoms with van der Waals surface area (Å²) in [6.45, 7) is 1.11. The highest BCUT2D eigenvalue weighted by Crippen LogP contribution is 2.32. The third kappa shape index (κ3) is 3.83. The Morgan fingerprint density at radius 1 is 1.19 bits per heavy atom. The van der Waals surface area contributed by atoms with E-state index in [1.807, 2.05) is 36.4 Å². The first kappa shape index (κ1) is 19.8. The van der Waals surface area contributed by atoms with Crippen LogP contribution < -0.4 is 0 Å². The quantitative estimate of drug-likeness (QED) is 0.523. The van der Waals surface area contributed by atoms with Gasteiger partial charge in [0.1, 0.15) is 11.4 Å². The molecule has 3 heterocycles. The van der Waals surface area contributed by atoms with Crippen LogP contribution in [0, 0.1) is 0 Å². The minimum Gasteiger partial charge on any atom is -0.451 e. The van der Waals surface area contributed by atoms with Crippen molar-refractivity contribution in [2.45, 2.75) is 24.5 Å². The van der Waals surface area contributed by atoms with Gasteiger partial charge in [-0.05, 0) is 31.0 Å². The molecule has 1 saturated heterocycles.